The molecule has 3 heterocycles. The van der Waals surface area contributed by atoms with Gasteiger partial charge in [0, 0.05) is 42.7 Å². The molecule has 1 aliphatic rings. The Hall–Kier alpha value is -5.86. The van der Waals surface area contributed by atoms with Gasteiger partial charge in [-0.1, -0.05) is 52.3 Å². The number of carbonyl (C=O) groups is 7. The Kier molecular flexibility index (Phi) is 17.3. The molecule has 1 fully saturated rings. The molecule has 61 heavy (non-hydrogen) atoms. The first-order chi connectivity index (χ1) is 28.9. The molecule has 12 N–H and O–H groups in total. The number of aromatic nitrogens is 3. The van der Waals surface area contributed by atoms with Crippen LogP contribution in [0.25, 0.3) is 10.9 Å². The third-order valence-corrected chi connectivity index (χ3v) is 10.9. The number of nitrogens with two attached hydrogens (primary N) is 1. The van der Waals surface area contributed by atoms with Crippen LogP contribution in [-0.4, -0.2) is 138 Å². The molecular formula is C41H60N10O10. The fraction of sp³-hybridized carbons (Fsp3) is 0.561. The van der Waals surface area contributed by atoms with Gasteiger partial charge < -0.3 is 62.5 Å². The van der Waals surface area contributed by atoms with Crippen molar-refractivity contribution in [1.82, 2.24) is 46.4 Å². The quantitative estimate of drug-likeness (QED) is 0.0578. The standard InChI is InChI=1S/C41H60N10O10/c1-6-22(4)33(49-37(56)31(19-52)48-38(57)32-12-9-13-51(32)40(59)27(42)14-21(2)3)39(58)47-29(15-24-17-44-28-11-8-7-10-26(24)28)35(54)46-30(16-25-18-43-20-45-25)36(55)50-34(23(5)53)41(60)61/h7-8,10-11,17-18,20-23,27,29-34,44,52-53H,6,9,12-16,19,42H2,1-5H3,(H,43,45)(H,46,54)(H,47,58)(H,48,57)(H,49,56)(H,50,55)(H,60,61)/t22-,23+,27-,29-,30-,31-,32-,33-,34-/m0/s1. The van der Waals surface area contributed by atoms with Gasteiger partial charge in [0.15, 0.2) is 6.04 Å². The molecule has 4 rings (SSSR count). The number of para-hydroxylation sites is 1. The van der Waals surface area contributed by atoms with Crippen molar-refractivity contribution in [3.8, 4) is 0 Å². The summed E-state index contributed by atoms with van der Waals surface area (Å²) >= 11 is 0. The number of hydrogen-bond acceptors (Lipinski definition) is 11. The van der Waals surface area contributed by atoms with Crippen LogP contribution in [-0.2, 0) is 46.4 Å². The van der Waals surface area contributed by atoms with E-state index >= 15 is 0 Å². The third-order valence-electron chi connectivity index (χ3n) is 10.9. The fourth-order valence-electron chi connectivity index (χ4n) is 7.27. The number of carboxylic acids is 1. The highest BCUT2D eigenvalue weighted by Crippen LogP contribution is 2.22. The number of imidazole rings is 1. The maximum absolute atomic E-state index is 14.3. The summed E-state index contributed by atoms with van der Waals surface area (Å²) in [7, 11) is 0. The van der Waals surface area contributed by atoms with Gasteiger partial charge in [0.1, 0.15) is 30.2 Å². The van der Waals surface area contributed by atoms with Crippen molar-refractivity contribution < 1.29 is 48.9 Å². The van der Waals surface area contributed by atoms with E-state index in [4.69, 9.17) is 5.73 Å². The first-order valence-corrected chi connectivity index (χ1v) is 20.6. The Morgan fingerprint density at radius 2 is 1.51 bits per heavy atom. The number of benzene rings is 1. The summed E-state index contributed by atoms with van der Waals surface area (Å²) in [5, 5.41) is 43.4. The first-order valence-electron chi connectivity index (χ1n) is 20.6. The first kappa shape index (κ1) is 47.8. The number of nitrogens with one attached hydrogen (secondary N) is 7. The number of aliphatic hydroxyl groups excluding tert-OH is 2. The molecule has 6 amide bonds. The minimum atomic E-state index is -1.70. The monoisotopic (exact) mass is 852 g/mol. The smallest absolute Gasteiger partial charge is 0.328 e. The molecule has 0 saturated carbocycles. The van der Waals surface area contributed by atoms with Gasteiger partial charge in [0.05, 0.1) is 30.8 Å². The van der Waals surface area contributed by atoms with E-state index in [0.717, 1.165) is 10.9 Å². The molecule has 0 unspecified atom stereocenters. The number of likely N-dealkylation sites (tertiary alicyclic amines) is 1. The number of rotatable bonds is 22. The van der Waals surface area contributed by atoms with Gasteiger partial charge in [-0.05, 0) is 49.7 Å². The summed E-state index contributed by atoms with van der Waals surface area (Å²) in [5.41, 5.74) is 7.85. The largest absolute Gasteiger partial charge is 0.480 e. The van der Waals surface area contributed by atoms with Crippen LogP contribution in [0.5, 0.6) is 0 Å². The maximum Gasteiger partial charge on any atom is 0.328 e. The number of H-pyrrole nitrogens is 2. The summed E-state index contributed by atoms with van der Waals surface area (Å²) in [6.07, 6.45) is 4.40. The molecule has 1 aromatic carbocycles. The highest BCUT2D eigenvalue weighted by molar-refractivity contribution is 5.98. The number of aromatic amines is 2. The molecule has 3 aromatic rings. The molecule has 20 nitrogen and oxygen atoms in total. The number of nitrogens with zero attached hydrogens (tertiary/aromatic N) is 2. The van der Waals surface area contributed by atoms with Crippen molar-refractivity contribution in [2.24, 2.45) is 17.6 Å². The Bertz CT molecular complexity index is 1990. The molecular weight excluding hydrogens is 793 g/mol. The molecule has 0 bridgehead atoms. The van der Waals surface area contributed by atoms with Gasteiger partial charge in [-0.25, -0.2) is 9.78 Å². The number of hydrogen-bond donors (Lipinski definition) is 11. The van der Waals surface area contributed by atoms with Crippen LogP contribution >= 0.6 is 0 Å². The van der Waals surface area contributed by atoms with E-state index in [9.17, 15) is 48.9 Å². The van der Waals surface area contributed by atoms with E-state index in [1.54, 1.807) is 26.1 Å². The highest BCUT2D eigenvalue weighted by Gasteiger charge is 2.39. The lowest BCUT2D eigenvalue weighted by atomic mass is 9.96. The second-order valence-corrected chi connectivity index (χ2v) is 16.1. The van der Waals surface area contributed by atoms with Gasteiger partial charge in [-0.3, -0.25) is 28.8 Å². The van der Waals surface area contributed by atoms with E-state index in [2.05, 4.69) is 41.5 Å². The zero-order valence-corrected chi connectivity index (χ0v) is 35.1. The van der Waals surface area contributed by atoms with E-state index < -0.39 is 96.4 Å². The van der Waals surface area contributed by atoms with E-state index in [1.165, 1.54) is 24.3 Å². The topological polar surface area (TPSA) is 314 Å². The lowest BCUT2D eigenvalue weighted by Gasteiger charge is -2.30. The fourth-order valence-corrected chi connectivity index (χ4v) is 7.27. The van der Waals surface area contributed by atoms with E-state index in [1.807, 2.05) is 32.0 Å². The highest BCUT2D eigenvalue weighted by atomic mass is 16.4. The molecule has 0 aliphatic carbocycles. The average molecular weight is 853 g/mol. The molecule has 9 atom stereocenters. The Morgan fingerprint density at radius 3 is 2.13 bits per heavy atom. The third kappa shape index (κ3) is 12.8. The van der Waals surface area contributed by atoms with Gasteiger partial charge in [0.2, 0.25) is 35.4 Å². The Balaban J connectivity index is 1.57. The van der Waals surface area contributed by atoms with Crippen LogP contribution in [0.3, 0.4) is 0 Å². The lowest BCUT2D eigenvalue weighted by Crippen LogP contribution is -2.62. The minimum absolute atomic E-state index is 0.0995. The molecule has 1 saturated heterocycles. The number of aliphatic hydroxyl groups is 2. The number of carbonyl (C=O) groups excluding carboxylic acids is 6. The van der Waals surface area contributed by atoms with Crippen molar-refractivity contribution in [2.45, 2.75) is 122 Å². The van der Waals surface area contributed by atoms with Crippen molar-refractivity contribution in [1.29, 1.82) is 0 Å². The maximum atomic E-state index is 14.3. The van der Waals surface area contributed by atoms with Crippen LogP contribution in [0, 0.1) is 11.8 Å². The van der Waals surface area contributed by atoms with E-state index in [0.29, 0.717) is 43.5 Å². The number of fused-ring (bicyclic) bond motifs is 1. The van der Waals surface area contributed by atoms with Crippen molar-refractivity contribution in [3.63, 3.8) is 0 Å². The number of aliphatic carboxylic acids is 1. The summed E-state index contributed by atoms with van der Waals surface area (Å²) < 4.78 is 0. The van der Waals surface area contributed by atoms with E-state index in [-0.39, 0.29) is 24.7 Å². The van der Waals surface area contributed by atoms with Crippen LogP contribution in [0.4, 0.5) is 0 Å². The number of carboxylic acid groups (broad SMARTS) is 1. The molecule has 2 aromatic heterocycles. The SMILES string of the molecule is CC[C@H](C)[C@H](NC(=O)[C@H](CO)NC(=O)[C@@H]1CCCN1C(=O)[C@@H](N)CC(C)C)C(=O)N[C@@H](Cc1c[nH]c2ccccc12)C(=O)N[C@@H](Cc1c[nH]cn1)C(=O)N[C@H](C(=O)O)[C@@H](C)O. The number of amides is 6. The second-order valence-electron chi connectivity index (χ2n) is 16.1. The predicted molar refractivity (Wildman–Crippen MR) is 222 cm³/mol. The normalized spacial score (nSPS) is 17.9. The van der Waals surface area contributed by atoms with Crippen LogP contribution < -0.4 is 32.3 Å². The Morgan fingerprint density at radius 1 is 0.869 bits per heavy atom. The van der Waals surface area contributed by atoms with Crippen molar-refractivity contribution >= 4 is 52.3 Å². The molecule has 334 valence electrons. The summed E-state index contributed by atoms with van der Waals surface area (Å²) in [5.74, 6) is -6.38. The van der Waals surface area contributed by atoms with Crippen LogP contribution in [0.2, 0.25) is 0 Å². The van der Waals surface area contributed by atoms with Gasteiger partial charge in [0.25, 0.3) is 0 Å². The lowest BCUT2D eigenvalue weighted by molar-refractivity contribution is -0.145. The van der Waals surface area contributed by atoms with Gasteiger partial charge >= 0.3 is 5.97 Å². The molecule has 0 spiro atoms. The zero-order valence-electron chi connectivity index (χ0n) is 35.1. The second kappa shape index (κ2) is 22.1. The summed E-state index contributed by atoms with van der Waals surface area (Å²) in [6, 6.07) is -1.74. The van der Waals surface area contributed by atoms with Crippen LogP contribution in [0.1, 0.15) is 71.6 Å². The molecule has 1 aliphatic heterocycles. The molecule has 20 heteroatoms. The minimum Gasteiger partial charge on any atom is -0.480 e. The zero-order chi connectivity index (χ0) is 45.0. The van der Waals surface area contributed by atoms with Gasteiger partial charge in [-0.2, -0.15) is 0 Å². The van der Waals surface area contributed by atoms with Gasteiger partial charge in [-0.15, -0.1) is 0 Å². The summed E-state index contributed by atoms with van der Waals surface area (Å²) in [6.45, 7) is 8.00. The average Bonchev–Trinajstić information content (AvgIpc) is 4.01. The van der Waals surface area contributed by atoms with Crippen LogP contribution in [0.15, 0.2) is 43.0 Å². The predicted octanol–water partition coefficient (Wildman–Crippen LogP) is -1.03. The van der Waals surface area contributed by atoms with Crippen molar-refractivity contribution in [3.05, 3.63) is 54.2 Å². The summed E-state index contributed by atoms with van der Waals surface area (Å²) in [4.78, 5) is 106. The molecule has 0 radical (unpaired) electrons. The Labute approximate surface area is 353 Å². The van der Waals surface area contributed by atoms with Crippen molar-refractivity contribution in [2.75, 3.05) is 13.2 Å².